The van der Waals surface area contributed by atoms with E-state index in [4.69, 9.17) is 14.2 Å². The highest BCUT2D eigenvalue weighted by molar-refractivity contribution is 6.01. The van der Waals surface area contributed by atoms with E-state index < -0.39 is 60.0 Å². The van der Waals surface area contributed by atoms with Crippen LogP contribution in [0.4, 0.5) is 4.79 Å². The molecule has 2 atom stereocenters. The molecular weight excluding hydrogens is 428 g/mol. The van der Waals surface area contributed by atoms with E-state index in [-0.39, 0.29) is 25.4 Å². The monoisotopic (exact) mass is 458 g/mol. The molecule has 12 nitrogen and oxygen atoms in total. The second-order valence-electron chi connectivity index (χ2n) is 8.55. The van der Waals surface area contributed by atoms with Gasteiger partial charge in [0, 0.05) is 12.8 Å². The summed E-state index contributed by atoms with van der Waals surface area (Å²) >= 11 is 0. The lowest BCUT2D eigenvalue weighted by Gasteiger charge is -2.23. The van der Waals surface area contributed by atoms with Crippen LogP contribution in [0.25, 0.3) is 0 Å². The van der Waals surface area contributed by atoms with Gasteiger partial charge >= 0.3 is 24.0 Å². The fraction of sp³-hybridized carbons (Fsp3) is 0.700. The number of hydroxylamine groups is 2. The van der Waals surface area contributed by atoms with Gasteiger partial charge in [0.1, 0.15) is 11.6 Å². The van der Waals surface area contributed by atoms with E-state index >= 15 is 0 Å². The Morgan fingerprint density at radius 2 is 1.56 bits per heavy atom. The van der Waals surface area contributed by atoms with E-state index in [2.05, 4.69) is 10.2 Å². The maximum absolute atomic E-state index is 12.3. The Balaban J connectivity index is 2.73. The molecule has 1 fully saturated rings. The van der Waals surface area contributed by atoms with Crippen LogP contribution in [-0.2, 0) is 43.0 Å². The first-order chi connectivity index (χ1) is 14.7. The zero-order chi connectivity index (χ0) is 24.6. The first-order valence-corrected chi connectivity index (χ1v) is 10.1. The minimum absolute atomic E-state index is 0.0129. The molecule has 3 amide bonds. The molecule has 0 aliphatic carbocycles. The Morgan fingerprint density at radius 1 is 1.00 bits per heavy atom. The number of amides is 3. The summed E-state index contributed by atoms with van der Waals surface area (Å²) in [6, 6.07) is -1.43. The third kappa shape index (κ3) is 9.31. The van der Waals surface area contributed by atoms with Gasteiger partial charge in [-0.3, -0.25) is 14.4 Å². The van der Waals surface area contributed by atoms with Crippen molar-refractivity contribution in [3.05, 3.63) is 0 Å². The number of ether oxygens (including phenoxy) is 3. The number of rotatable bonds is 9. The minimum Gasteiger partial charge on any atom is -0.464 e. The lowest BCUT2D eigenvalue weighted by Crippen LogP contribution is -2.46. The van der Waals surface area contributed by atoms with Crippen molar-refractivity contribution in [2.24, 2.45) is 5.92 Å². The number of hydrogen-bond donors (Lipinski definition) is 1. The van der Waals surface area contributed by atoms with Gasteiger partial charge in [0.05, 0.1) is 13.0 Å². The molecule has 12 heteroatoms. The lowest BCUT2D eigenvalue weighted by molar-refractivity contribution is -0.205. The standard InChI is InChI=1S/C20H30N2O10/c1-11(2)10-29-18(27)13(21-19(28)31-20(4,5)6)9-16(25)30-12(3)17(26)32-22-14(23)7-8-15(22)24/h11-13H,7-10H2,1-6H3,(H,21,28)/t12-,13?/m0/s1. The number of carbonyl (C=O) groups is 6. The quantitative estimate of drug-likeness (QED) is 0.301. The third-order valence-electron chi connectivity index (χ3n) is 3.73. The Labute approximate surface area is 185 Å². The number of alkyl carbamates (subject to hydrolysis) is 1. The zero-order valence-corrected chi connectivity index (χ0v) is 19.1. The van der Waals surface area contributed by atoms with Crippen molar-refractivity contribution >= 4 is 35.8 Å². The van der Waals surface area contributed by atoms with E-state index in [9.17, 15) is 28.8 Å². The Hall–Kier alpha value is -3.18. The molecule has 0 bridgehead atoms. The fourth-order valence-electron chi connectivity index (χ4n) is 2.27. The van der Waals surface area contributed by atoms with Crippen LogP contribution in [0.15, 0.2) is 0 Å². The number of esters is 2. The zero-order valence-electron chi connectivity index (χ0n) is 19.1. The second-order valence-corrected chi connectivity index (χ2v) is 8.55. The summed E-state index contributed by atoms with van der Waals surface area (Å²) in [4.78, 5) is 76.4. The number of nitrogens with one attached hydrogen (secondary N) is 1. The lowest BCUT2D eigenvalue weighted by atomic mass is 10.2. The molecule has 1 aliphatic rings. The highest BCUT2D eigenvalue weighted by Gasteiger charge is 2.35. The van der Waals surface area contributed by atoms with Gasteiger partial charge in [-0.1, -0.05) is 13.8 Å². The molecule has 32 heavy (non-hydrogen) atoms. The maximum atomic E-state index is 12.3. The van der Waals surface area contributed by atoms with Crippen molar-refractivity contribution < 1.29 is 47.8 Å². The SMILES string of the molecule is CC(C)COC(=O)C(CC(=O)O[C@@H](C)C(=O)ON1C(=O)CCC1=O)NC(=O)OC(C)(C)C. The molecule has 1 unspecified atom stereocenters. The average molecular weight is 458 g/mol. The second kappa shape index (κ2) is 11.4. The first kappa shape index (κ1) is 26.9. The molecule has 0 aromatic carbocycles. The van der Waals surface area contributed by atoms with Crippen molar-refractivity contribution in [1.82, 2.24) is 10.4 Å². The molecule has 0 aromatic heterocycles. The number of imide groups is 1. The molecule has 1 saturated heterocycles. The highest BCUT2D eigenvalue weighted by atomic mass is 16.7. The molecule has 0 spiro atoms. The van der Waals surface area contributed by atoms with Gasteiger partial charge in [0.25, 0.3) is 11.8 Å². The predicted molar refractivity (Wildman–Crippen MR) is 106 cm³/mol. The molecule has 180 valence electrons. The van der Waals surface area contributed by atoms with E-state index in [1.54, 1.807) is 34.6 Å². The molecule has 0 radical (unpaired) electrons. The van der Waals surface area contributed by atoms with E-state index in [1.165, 1.54) is 6.92 Å². The number of hydrogen-bond acceptors (Lipinski definition) is 10. The van der Waals surface area contributed by atoms with Crippen LogP contribution in [0.2, 0.25) is 0 Å². The summed E-state index contributed by atoms with van der Waals surface area (Å²) in [6.45, 7) is 9.70. The highest BCUT2D eigenvalue weighted by Crippen LogP contribution is 2.14. The Kier molecular flexibility index (Phi) is 9.60. The van der Waals surface area contributed by atoms with Crippen LogP contribution in [-0.4, -0.2) is 65.2 Å². The first-order valence-electron chi connectivity index (χ1n) is 10.1. The van der Waals surface area contributed by atoms with Gasteiger partial charge in [0.2, 0.25) is 0 Å². The van der Waals surface area contributed by atoms with E-state index in [0.29, 0.717) is 5.06 Å². The van der Waals surface area contributed by atoms with E-state index in [0.717, 1.165) is 0 Å². The maximum Gasteiger partial charge on any atom is 0.408 e. The predicted octanol–water partition coefficient (Wildman–Crippen LogP) is 1.01. The summed E-state index contributed by atoms with van der Waals surface area (Å²) in [7, 11) is 0. The molecule has 0 saturated carbocycles. The van der Waals surface area contributed by atoms with Crippen LogP contribution in [0.5, 0.6) is 0 Å². The summed E-state index contributed by atoms with van der Waals surface area (Å²) in [6.07, 6.45) is -3.27. The van der Waals surface area contributed by atoms with Crippen molar-refractivity contribution in [3.8, 4) is 0 Å². The van der Waals surface area contributed by atoms with Crippen LogP contribution in [0.1, 0.15) is 60.8 Å². The van der Waals surface area contributed by atoms with Crippen LogP contribution in [0.3, 0.4) is 0 Å². The van der Waals surface area contributed by atoms with Gasteiger partial charge in [-0.15, -0.1) is 5.06 Å². The van der Waals surface area contributed by atoms with Gasteiger partial charge in [-0.05, 0) is 33.6 Å². The fourth-order valence-corrected chi connectivity index (χ4v) is 2.27. The molecule has 1 rings (SSSR count). The Bertz CT molecular complexity index is 740. The summed E-state index contributed by atoms with van der Waals surface area (Å²) in [5.41, 5.74) is -0.848. The van der Waals surface area contributed by atoms with Crippen molar-refractivity contribution in [3.63, 3.8) is 0 Å². The molecular formula is C20H30N2O10. The van der Waals surface area contributed by atoms with Gasteiger partial charge in [-0.2, -0.15) is 0 Å². The summed E-state index contributed by atoms with van der Waals surface area (Å²) in [5.74, 6) is -4.42. The molecule has 1 aliphatic heterocycles. The van der Waals surface area contributed by atoms with Crippen LogP contribution < -0.4 is 5.32 Å². The third-order valence-corrected chi connectivity index (χ3v) is 3.73. The van der Waals surface area contributed by atoms with Gasteiger partial charge in [0.15, 0.2) is 6.10 Å². The smallest absolute Gasteiger partial charge is 0.408 e. The van der Waals surface area contributed by atoms with Crippen LogP contribution in [0, 0.1) is 5.92 Å². The summed E-state index contributed by atoms with van der Waals surface area (Å²) < 4.78 is 15.1. The largest absolute Gasteiger partial charge is 0.464 e. The van der Waals surface area contributed by atoms with Gasteiger partial charge in [-0.25, -0.2) is 14.4 Å². The summed E-state index contributed by atoms with van der Waals surface area (Å²) in [5, 5.41) is 2.57. The van der Waals surface area contributed by atoms with E-state index in [1.807, 2.05) is 0 Å². The molecule has 1 heterocycles. The number of nitrogens with zero attached hydrogens (tertiary/aromatic N) is 1. The van der Waals surface area contributed by atoms with Crippen molar-refractivity contribution in [2.75, 3.05) is 6.61 Å². The average Bonchev–Trinajstić information content (AvgIpc) is 2.95. The number of carbonyl (C=O) groups excluding carboxylic acids is 6. The molecule has 0 aromatic rings. The van der Waals surface area contributed by atoms with Crippen molar-refractivity contribution in [2.45, 2.75) is 78.6 Å². The Morgan fingerprint density at radius 3 is 2.06 bits per heavy atom. The topological polar surface area (TPSA) is 155 Å². The van der Waals surface area contributed by atoms with Crippen LogP contribution >= 0.6 is 0 Å². The molecule has 1 N–H and O–H groups in total. The minimum atomic E-state index is -1.49. The van der Waals surface area contributed by atoms with Gasteiger partial charge < -0.3 is 24.4 Å². The van der Waals surface area contributed by atoms with Crippen molar-refractivity contribution in [1.29, 1.82) is 0 Å². The normalized spacial score (nSPS) is 15.8.